The third-order valence-corrected chi connectivity index (χ3v) is 4.18. The molecule has 0 radical (unpaired) electrons. The van der Waals surface area contributed by atoms with Gasteiger partial charge in [-0.05, 0) is 25.0 Å². The molecule has 0 aromatic carbocycles. The lowest BCUT2D eigenvalue weighted by molar-refractivity contribution is -0.117. The molecule has 3 aromatic heterocycles. The molecule has 0 aliphatic heterocycles. The molecule has 0 bridgehead atoms. The molecule has 4 rings (SSSR count). The van der Waals surface area contributed by atoms with Crippen LogP contribution in [-0.2, 0) is 11.3 Å². The SMILES string of the molecule is O=C(Cn1nc(-c2ccco2)n(C2CC2)c1=O)Nc1nccs1. The van der Waals surface area contributed by atoms with Gasteiger partial charge in [-0.1, -0.05) is 0 Å². The molecule has 1 aliphatic carbocycles. The van der Waals surface area contributed by atoms with Gasteiger partial charge in [0.25, 0.3) is 0 Å². The lowest BCUT2D eigenvalue weighted by atomic mass is 10.4. The average molecular weight is 331 g/mol. The fraction of sp³-hybridized carbons (Fsp3) is 0.286. The van der Waals surface area contributed by atoms with Crippen LogP contribution in [0, 0.1) is 0 Å². The Morgan fingerprint density at radius 2 is 2.35 bits per heavy atom. The van der Waals surface area contributed by atoms with Crippen LogP contribution >= 0.6 is 11.3 Å². The van der Waals surface area contributed by atoms with Gasteiger partial charge in [-0.2, -0.15) is 0 Å². The van der Waals surface area contributed by atoms with Crippen LogP contribution in [0.25, 0.3) is 11.6 Å². The normalized spacial score (nSPS) is 14.1. The van der Waals surface area contributed by atoms with E-state index in [1.54, 1.807) is 28.3 Å². The van der Waals surface area contributed by atoms with Gasteiger partial charge in [0.2, 0.25) is 11.7 Å². The molecule has 0 spiro atoms. The first-order chi connectivity index (χ1) is 11.2. The van der Waals surface area contributed by atoms with Crippen molar-refractivity contribution in [3.63, 3.8) is 0 Å². The molecule has 3 heterocycles. The zero-order valence-corrected chi connectivity index (χ0v) is 12.8. The van der Waals surface area contributed by atoms with Crippen molar-refractivity contribution < 1.29 is 9.21 Å². The largest absolute Gasteiger partial charge is 0.461 e. The van der Waals surface area contributed by atoms with Crippen molar-refractivity contribution in [3.05, 3.63) is 40.5 Å². The summed E-state index contributed by atoms with van der Waals surface area (Å²) in [6.45, 7) is -0.161. The number of hydrogen-bond donors (Lipinski definition) is 1. The van der Waals surface area contributed by atoms with E-state index in [0.29, 0.717) is 16.7 Å². The van der Waals surface area contributed by atoms with E-state index in [2.05, 4.69) is 15.4 Å². The number of hydrogen-bond acceptors (Lipinski definition) is 6. The topological polar surface area (TPSA) is 95.0 Å². The van der Waals surface area contributed by atoms with Gasteiger partial charge in [0, 0.05) is 17.6 Å². The second-order valence-corrected chi connectivity index (χ2v) is 6.12. The number of carbonyl (C=O) groups is 1. The van der Waals surface area contributed by atoms with Gasteiger partial charge in [0.1, 0.15) is 6.54 Å². The lowest BCUT2D eigenvalue weighted by Gasteiger charge is -2.00. The second kappa shape index (κ2) is 5.51. The molecule has 23 heavy (non-hydrogen) atoms. The standard InChI is InChI=1S/C14H13N5O3S/c20-11(16-13-15-5-7-23-13)8-18-14(21)19(9-3-4-9)12(17-18)10-2-1-6-22-10/h1-2,5-7,9H,3-4,8H2,(H,15,16,20). The maximum absolute atomic E-state index is 12.5. The monoisotopic (exact) mass is 331 g/mol. The second-order valence-electron chi connectivity index (χ2n) is 5.23. The average Bonchev–Trinajstić information content (AvgIpc) is 2.95. The minimum absolute atomic E-state index is 0.137. The van der Waals surface area contributed by atoms with E-state index in [1.807, 2.05) is 0 Å². The van der Waals surface area contributed by atoms with Gasteiger partial charge in [-0.3, -0.25) is 9.36 Å². The van der Waals surface area contributed by atoms with Crippen LogP contribution < -0.4 is 11.0 Å². The number of rotatable bonds is 5. The van der Waals surface area contributed by atoms with Gasteiger partial charge in [-0.25, -0.2) is 14.5 Å². The number of carbonyl (C=O) groups excluding carboxylic acids is 1. The maximum Gasteiger partial charge on any atom is 0.347 e. The Hall–Kier alpha value is -2.68. The summed E-state index contributed by atoms with van der Waals surface area (Å²) in [4.78, 5) is 28.6. The molecule has 0 atom stereocenters. The van der Waals surface area contributed by atoms with Gasteiger partial charge in [-0.15, -0.1) is 16.4 Å². The predicted octanol–water partition coefficient (Wildman–Crippen LogP) is 1.73. The van der Waals surface area contributed by atoms with Crippen LogP contribution in [-0.4, -0.2) is 25.2 Å². The van der Waals surface area contributed by atoms with Crippen molar-refractivity contribution in [3.8, 4) is 11.6 Å². The summed E-state index contributed by atoms with van der Waals surface area (Å²) in [5.41, 5.74) is -0.298. The molecule has 1 amide bonds. The van der Waals surface area contributed by atoms with E-state index in [4.69, 9.17) is 4.42 Å². The van der Waals surface area contributed by atoms with Crippen molar-refractivity contribution >= 4 is 22.4 Å². The lowest BCUT2D eigenvalue weighted by Crippen LogP contribution is -2.29. The molecule has 1 saturated carbocycles. The number of furan rings is 1. The van der Waals surface area contributed by atoms with E-state index in [-0.39, 0.29) is 24.2 Å². The van der Waals surface area contributed by atoms with Crippen molar-refractivity contribution in [2.45, 2.75) is 25.4 Å². The number of nitrogens with zero attached hydrogens (tertiary/aromatic N) is 4. The Bertz CT molecular complexity index is 874. The first kappa shape index (κ1) is 13.9. The number of aromatic nitrogens is 4. The Morgan fingerprint density at radius 1 is 1.48 bits per heavy atom. The third kappa shape index (κ3) is 2.70. The fourth-order valence-corrected chi connectivity index (χ4v) is 2.88. The quantitative estimate of drug-likeness (QED) is 0.768. The van der Waals surface area contributed by atoms with Crippen LogP contribution in [0.2, 0.25) is 0 Å². The van der Waals surface area contributed by atoms with Crippen LogP contribution in [0.4, 0.5) is 5.13 Å². The van der Waals surface area contributed by atoms with Crippen molar-refractivity contribution in [1.82, 2.24) is 19.3 Å². The van der Waals surface area contributed by atoms with Gasteiger partial charge in [0.15, 0.2) is 10.9 Å². The summed E-state index contributed by atoms with van der Waals surface area (Å²) in [5.74, 6) is 0.645. The number of anilines is 1. The maximum atomic E-state index is 12.5. The highest BCUT2D eigenvalue weighted by Crippen LogP contribution is 2.36. The van der Waals surface area contributed by atoms with Gasteiger partial charge < -0.3 is 9.73 Å². The zero-order valence-electron chi connectivity index (χ0n) is 12.0. The zero-order chi connectivity index (χ0) is 15.8. The molecule has 0 unspecified atom stereocenters. The summed E-state index contributed by atoms with van der Waals surface area (Å²) in [5, 5.41) is 9.18. The molecule has 1 N–H and O–H groups in total. The van der Waals surface area contributed by atoms with E-state index < -0.39 is 0 Å². The molecular formula is C14H13N5O3S. The van der Waals surface area contributed by atoms with Gasteiger partial charge in [0.05, 0.1) is 6.26 Å². The summed E-state index contributed by atoms with van der Waals surface area (Å²) in [7, 11) is 0. The highest BCUT2D eigenvalue weighted by molar-refractivity contribution is 7.13. The molecule has 9 heteroatoms. The molecular weight excluding hydrogens is 318 g/mol. The highest BCUT2D eigenvalue weighted by atomic mass is 32.1. The van der Waals surface area contributed by atoms with Crippen molar-refractivity contribution in [1.29, 1.82) is 0 Å². The first-order valence-corrected chi connectivity index (χ1v) is 8.03. The van der Waals surface area contributed by atoms with Gasteiger partial charge >= 0.3 is 5.69 Å². The molecule has 3 aromatic rings. The van der Waals surface area contributed by atoms with E-state index >= 15 is 0 Å². The highest BCUT2D eigenvalue weighted by Gasteiger charge is 2.31. The van der Waals surface area contributed by atoms with Crippen LogP contribution in [0.1, 0.15) is 18.9 Å². The van der Waals surface area contributed by atoms with E-state index in [1.165, 1.54) is 22.3 Å². The molecule has 0 saturated heterocycles. The van der Waals surface area contributed by atoms with E-state index in [0.717, 1.165) is 12.8 Å². The smallest absolute Gasteiger partial charge is 0.347 e. The van der Waals surface area contributed by atoms with Crippen LogP contribution in [0.5, 0.6) is 0 Å². The Labute approximate surface area is 134 Å². The minimum Gasteiger partial charge on any atom is -0.461 e. The first-order valence-electron chi connectivity index (χ1n) is 7.15. The van der Waals surface area contributed by atoms with E-state index in [9.17, 15) is 9.59 Å². The minimum atomic E-state index is -0.339. The summed E-state index contributed by atoms with van der Waals surface area (Å²) < 4.78 is 8.12. The summed E-state index contributed by atoms with van der Waals surface area (Å²) in [6.07, 6.45) is 5.00. The fourth-order valence-electron chi connectivity index (χ4n) is 2.34. The summed E-state index contributed by atoms with van der Waals surface area (Å²) >= 11 is 1.32. The van der Waals surface area contributed by atoms with Crippen molar-refractivity contribution in [2.75, 3.05) is 5.32 Å². The third-order valence-electron chi connectivity index (χ3n) is 3.50. The molecule has 118 valence electrons. The number of amides is 1. The van der Waals surface area contributed by atoms with Crippen LogP contribution in [0.15, 0.2) is 39.2 Å². The molecule has 8 nitrogen and oxygen atoms in total. The Morgan fingerprint density at radius 3 is 3.00 bits per heavy atom. The molecule has 1 aliphatic rings. The predicted molar refractivity (Wildman–Crippen MR) is 83.2 cm³/mol. The Kier molecular flexibility index (Phi) is 3.34. The molecule has 1 fully saturated rings. The number of thiazole rings is 1. The van der Waals surface area contributed by atoms with Crippen molar-refractivity contribution in [2.24, 2.45) is 0 Å². The van der Waals surface area contributed by atoms with Crippen LogP contribution in [0.3, 0.4) is 0 Å². The summed E-state index contributed by atoms with van der Waals surface area (Å²) in [6, 6.07) is 3.63. The Balaban J connectivity index is 1.63. The number of nitrogens with one attached hydrogen (secondary N) is 1.